The lowest BCUT2D eigenvalue weighted by atomic mass is 9.52. The average molecular weight is 306 g/mol. The highest BCUT2D eigenvalue weighted by atomic mass is 16.5. The van der Waals surface area contributed by atoms with Crippen LogP contribution in [0.1, 0.15) is 32.1 Å². The van der Waals surface area contributed by atoms with E-state index in [4.69, 9.17) is 4.74 Å². The second-order valence-corrected chi connectivity index (χ2v) is 7.34. The van der Waals surface area contributed by atoms with Gasteiger partial charge in [0.2, 0.25) is 0 Å². The van der Waals surface area contributed by atoms with Crippen LogP contribution < -0.4 is 5.32 Å². The summed E-state index contributed by atoms with van der Waals surface area (Å²) in [5, 5.41) is 2.57. The summed E-state index contributed by atoms with van der Waals surface area (Å²) in [7, 11) is 0. The van der Waals surface area contributed by atoms with E-state index >= 15 is 0 Å². The minimum atomic E-state index is -0.424. The van der Waals surface area contributed by atoms with Gasteiger partial charge in [0, 0.05) is 13.1 Å². The highest BCUT2D eigenvalue weighted by Gasteiger charge is 2.51. The molecule has 22 heavy (non-hydrogen) atoms. The molecule has 0 aromatic heterocycles. The Morgan fingerprint density at radius 2 is 1.73 bits per heavy atom. The third kappa shape index (κ3) is 2.29. The Bertz CT molecular complexity index is 490. The molecule has 1 aliphatic heterocycles. The van der Waals surface area contributed by atoms with Crippen LogP contribution in [0.3, 0.4) is 0 Å². The van der Waals surface area contributed by atoms with Crippen molar-refractivity contribution < 1.29 is 19.1 Å². The number of esters is 1. The van der Waals surface area contributed by atoms with Crippen LogP contribution >= 0.6 is 0 Å². The molecule has 0 unspecified atom stereocenters. The number of carbonyl (C=O) groups is 3. The third-order valence-electron chi connectivity index (χ3n) is 5.99. The van der Waals surface area contributed by atoms with Gasteiger partial charge in [-0.25, -0.2) is 4.79 Å². The predicted octanol–water partition coefficient (Wildman–Crippen LogP) is 1.15. The number of amides is 3. The van der Waals surface area contributed by atoms with E-state index in [1.807, 2.05) is 0 Å². The standard InChI is InChI=1S/C16H22N2O4/c19-13(18-2-1-17-16(18)21)8-22-15(20)14-11-4-9-3-10(6-11)7-12(14)5-9/h9-12,14H,1-8H2,(H,17,21). The Labute approximate surface area is 129 Å². The van der Waals surface area contributed by atoms with Crippen molar-refractivity contribution in [2.75, 3.05) is 19.7 Å². The monoisotopic (exact) mass is 306 g/mol. The van der Waals surface area contributed by atoms with Gasteiger partial charge in [0.1, 0.15) is 0 Å². The molecule has 5 fully saturated rings. The largest absolute Gasteiger partial charge is 0.455 e. The van der Waals surface area contributed by atoms with Crippen LogP contribution in [0, 0.1) is 29.6 Å². The van der Waals surface area contributed by atoms with Gasteiger partial charge in [-0.05, 0) is 55.8 Å². The lowest BCUT2D eigenvalue weighted by molar-refractivity contribution is -0.166. The first-order chi connectivity index (χ1) is 10.6. The smallest absolute Gasteiger partial charge is 0.324 e. The van der Waals surface area contributed by atoms with Gasteiger partial charge >= 0.3 is 12.0 Å². The lowest BCUT2D eigenvalue weighted by Gasteiger charge is -2.53. The van der Waals surface area contributed by atoms with Crippen molar-refractivity contribution in [2.45, 2.75) is 32.1 Å². The molecule has 6 nitrogen and oxygen atoms in total. The van der Waals surface area contributed by atoms with Gasteiger partial charge in [0.05, 0.1) is 5.92 Å². The predicted molar refractivity (Wildman–Crippen MR) is 76.6 cm³/mol. The van der Waals surface area contributed by atoms with Crippen molar-refractivity contribution in [2.24, 2.45) is 29.6 Å². The van der Waals surface area contributed by atoms with E-state index in [2.05, 4.69) is 5.32 Å². The van der Waals surface area contributed by atoms with Crippen LogP contribution in [0.4, 0.5) is 4.79 Å². The molecule has 5 aliphatic rings. The SMILES string of the molecule is O=C(OCC(=O)N1CCNC1=O)C1C2CC3CC(C2)CC1C3. The molecule has 4 saturated carbocycles. The van der Waals surface area contributed by atoms with E-state index < -0.39 is 11.9 Å². The molecule has 5 rings (SSSR count). The van der Waals surface area contributed by atoms with Gasteiger partial charge in [-0.1, -0.05) is 0 Å². The molecule has 6 heteroatoms. The topological polar surface area (TPSA) is 75.7 Å². The van der Waals surface area contributed by atoms with E-state index in [0.717, 1.165) is 42.4 Å². The molecular formula is C16H22N2O4. The molecule has 0 radical (unpaired) electrons. The fourth-order valence-corrected chi connectivity index (χ4v) is 5.33. The Morgan fingerprint density at radius 3 is 2.27 bits per heavy atom. The maximum absolute atomic E-state index is 12.4. The normalized spacial score (nSPS) is 39.0. The first kappa shape index (κ1) is 14.0. The van der Waals surface area contributed by atoms with Crippen LogP contribution in [-0.2, 0) is 14.3 Å². The van der Waals surface area contributed by atoms with E-state index in [9.17, 15) is 14.4 Å². The summed E-state index contributed by atoms with van der Waals surface area (Å²) in [6, 6.07) is -0.393. The summed E-state index contributed by atoms with van der Waals surface area (Å²) >= 11 is 0. The van der Waals surface area contributed by atoms with Crippen LogP contribution in [0.15, 0.2) is 0 Å². The van der Waals surface area contributed by atoms with Crippen molar-refractivity contribution in [3.63, 3.8) is 0 Å². The number of rotatable bonds is 3. The highest BCUT2D eigenvalue weighted by Crippen LogP contribution is 2.56. The summed E-state index contributed by atoms with van der Waals surface area (Å²) in [6.45, 7) is 0.510. The van der Waals surface area contributed by atoms with E-state index in [1.54, 1.807) is 0 Å². The Hall–Kier alpha value is -1.59. The molecule has 120 valence electrons. The van der Waals surface area contributed by atoms with Crippen LogP contribution in [-0.4, -0.2) is 42.5 Å². The second-order valence-electron chi connectivity index (χ2n) is 7.34. The highest BCUT2D eigenvalue weighted by molar-refractivity contribution is 5.97. The summed E-state index contributed by atoms with van der Waals surface area (Å²) in [6.07, 6.45) is 5.94. The van der Waals surface area contributed by atoms with Crippen LogP contribution in [0.5, 0.6) is 0 Å². The van der Waals surface area contributed by atoms with E-state index in [-0.39, 0.29) is 18.5 Å². The zero-order chi connectivity index (χ0) is 15.3. The molecule has 3 amide bonds. The molecule has 0 atom stereocenters. The van der Waals surface area contributed by atoms with Gasteiger partial charge in [0.15, 0.2) is 6.61 Å². The number of carbonyl (C=O) groups excluding carboxylic acids is 3. The molecule has 0 aromatic carbocycles. The van der Waals surface area contributed by atoms with Crippen molar-refractivity contribution in [1.29, 1.82) is 0 Å². The van der Waals surface area contributed by atoms with Gasteiger partial charge in [-0.3, -0.25) is 14.5 Å². The number of hydrogen-bond acceptors (Lipinski definition) is 4. The van der Waals surface area contributed by atoms with Crippen molar-refractivity contribution in [3.8, 4) is 0 Å². The van der Waals surface area contributed by atoms with Crippen molar-refractivity contribution in [3.05, 3.63) is 0 Å². The third-order valence-corrected chi connectivity index (χ3v) is 5.99. The molecule has 0 spiro atoms. The maximum Gasteiger partial charge on any atom is 0.324 e. The molecule has 4 bridgehead atoms. The minimum absolute atomic E-state index is 0.0204. The lowest BCUT2D eigenvalue weighted by Crippen LogP contribution is -2.49. The molecule has 1 N–H and O–H groups in total. The average Bonchev–Trinajstić information content (AvgIpc) is 2.90. The Balaban J connectivity index is 1.34. The van der Waals surface area contributed by atoms with Gasteiger partial charge < -0.3 is 10.1 Å². The molecule has 1 heterocycles. The summed E-state index contributed by atoms with van der Waals surface area (Å²) in [5.41, 5.74) is 0. The van der Waals surface area contributed by atoms with Crippen LogP contribution in [0.2, 0.25) is 0 Å². The fourth-order valence-electron chi connectivity index (χ4n) is 5.33. The van der Waals surface area contributed by atoms with Gasteiger partial charge in [-0.15, -0.1) is 0 Å². The minimum Gasteiger partial charge on any atom is -0.455 e. The van der Waals surface area contributed by atoms with Crippen LogP contribution in [0.25, 0.3) is 0 Å². The number of ether oxygens (including phenoxy) is 1. The summed E-state index contributed by atoms with van der Waals surface area (Å²) < 4.78 is 5.28. The number of imide groups is 1. The molecule has 4 aliphatic carbocycles. The first-order valence-corrected chi connectivity index (χ1v) is 8.36. The number of nitrogens with one attached hydrogen (secondary N) is 1. The van der Waals surface area contributed by atoms with E-state index in [1.165, 1.54) is 6.42 Å². The zero-order valence-electron chi connectivity index (χ0n) is 12.6. The number of hydrogen-bond donors (Lipinski definition) is 1. The molecule has 0 aromatic rings. The van der Waals surface area contributed by atoms with Gasteiger partial charge in [0.25, 0.3) is 5.91 Å². The molecular weight excluding hydrogens is 284 g/mol. The summed E-state index contributed by atoms with van der Waals surface area (Å²) in [4.78, 5) is 36.9. The molecule has 1 saturated heterocycles. The quantitative estimate of drug-likeness (QED) is 0.794. The van der Waals surface area contributed by atoms with E-state index in [0.29, 0.717) is 24.9 Å². The first-order valence-electron chi connectivity index (χ1n) is 8.36. The van der Waals surface area contributed by atoms with Crippen molar-refractivity contribution >= 4 is 17.9 Å². The van der Waals surface area contributed by atoms with Gasteiger partial charge in [-0.2, -0.15) is 0 Å². The van der Waals surface area contributed by atoms with Crippen molar-refractivity contribution in [1.82, 2.24) is 10.2 Å². The maximum atomic E-state index is 12.4. The second kappa shape index (κ2) is 5.25. The number of urea groups is 1. The fraction of sp³-hybridized carbons (Fsp3) is 0.812. The number of nitrogens with zero attached hydrogens (tertiary/aromatic N) is 1. The summed E-state index contributed by atoms with van der Waals surface area (Å²) in [5.74, 6) is 1.85. The Kier molecular flexibility index (Phi) is 3.35. The zero-order valence-corrected chi connectivity index (χ0v) is 12.6. The Morgan fingerprint density at radius 1 is 1.09 bits per heavy atom.